The summed E-state index contributed by atoms with van der Waals surface area (Å²) in [4.78, 5) is 15.4. The van der Waals surface area contributed by atoms with Gasteiger partial charge < -0.3 is 5.32 Å². The van der Waals surface area contributed by atoms with Crippen molar-refractivity contribution < 1.29 is 18.0 Å². The first-order chi connectivity index (χ1) is 11.8. The fourth-order valence-corrected chi connectivity index (χ4v) is 3.08. The van der Waals surface area contributed by atoms with Gasteiger partial charge in [0.15, 0.2) is 5.54 Å². The molecule has 2 aromatic carbocycles. The molecule has 0 saturated carbocycles. The minimum atomic E-state index is -4.69. The zero-order chi connectivity index (χ0) is 18.1. The third-order valence-electron chi connectivity index (χ3n) is 4.17. The van der Waals surface area contributed by atoms with Crippen LogP contribution in [0.25, 0.3) is 0 Å². The van der Waals surface area contributed by atoms with Crippen molar-refractivity contribution in [3.05, 3.63) is 64.7 Å². The van der Waals surface area contributed by atoms with Gasteiger partial charge in [-0.2, -0.15) is 13.2 Å². The lowest BCUT2D eigenvalue weighted by molar-refractivity contribution is -0.190. The van der Waals surface area contributed by atoms with E-state index in [1.54, 1.807) is 30.3 Å². The summed E-state index contributed by atoms with van der Waals surface area (Å²) in [6.45, 7) is 0. The van der Waals surface area contributed by atoms with Gasteiger partial charge in [-0.3, -0.25) is 9.79 Å². The number of benzene rings is 2. The Morgan fingerprint density at radius 2 is 1.84 bits per heavy atom. The average Bonchev–Trinajstić information content (AvgIpc) is 2.70. The molecule has 1 unspecified atom stereocenters. The van der Waals surface area contributed by atoms with Crippen LogP contribution in [0.15, 0.2) is 53.5 Å². The van der Waals surface area contributed by atoms with Gasteiger partial charge in [-0.1, -0.05) is 41.9 Å². The van der Waals surface area contributed by atoms with Crippen LogP contribution < -0.4 is 5.32 Å². The molecule has 1 N–H and O–H groups in total. The molecule has 0 saturated heterocycles. The Balaban J connectivity index is 2.12. The number of fused-ring (bicyclic) bond motifs is 1. The van der Waals surface area contributed by atoms with Crippen LogP contribution in [0.3, 0.4) is 0 Å². The Kier molecular flexibility index (Phi) is 4.56. The van der Waals surface area contributed by atoms with Gasteiger partial charge in [0.2, 0.25) is 0 Å². The van der Waals surface area contributed by atoms with Gasteiger partial charge in [0.1, 0.15) is 0 Å². The van der Waals surface area contributed by atoms with Crippen molar-refractivity contribution in [2.24, 2.45) is 4.99 Å². The van der Waals surface area contributed by atoms with Crippen LogP contribution in [0.2, 0.25) is 5.02 Å². The highest BCUT2D eigenvalue weighted by molar-refractivity contribution is 6.33. The first-order valence-electron chi connectivity index (χ1n) is 7.59. The van der Waals surface area contributed by atoms with Gasteiger partial charge in [0, 0.05) is 16.3 Å². The number of carbonyl (C=O) groups excluding carboxylic acids is 1. The summed E-state index contributed by atoms with van der Waals surface area (Å²) >= 11 is 5.93. The minimum absolute atomic E-state index is 0.0669. The summed E-state index contributed by atoms with van der Waals surface area (Å²) in [6, 6.07) is 12.9. The molecule has 0 spiro atoms. The number of anilines is 1. The molecule has 7 heteroatoms. The highest BCUT2D eigenvalue weighted by Crippen LogP contribution is 2.49. The SMILES string of the molecule is O=C1C=NC(CCc2ccccc2)(C(F)(F)F)c2cc(Cl)ccc2N1. The van der Waals surface area contributed by atoms with Crippen molar-refractivity contribution in [1.82, 2.24) is 0 Å². The van der Waals surface area contributed by atoms with Crippen LogP contribution in [0, 0.1) is 0 Å². The molecule has 1 aliphatic rings. The molecular formula is C18H14ClF3N2O. The first kappa shape index (κ1) is 17.5. The first-order valence-corrected chi connectivity index (χ1v) is 7.96. The van der Waals surface area contributed by atoms with E-state index >= 15 is 0 Å². The molecule has 0 bridgehead atoms. The number of carbonyl (C=O) groups is 1. The molecule has 3 rings (SSSR count). The zero-order valence-electron chi connectivity index (χ0n) is 13.0. The van der Waals surface area contributed by atoms with E-state index in [0.717, 1.165) is 5.56 Å². The van der Waals surface area contributed by atoms with E-state index in [1.165, 1.54) is 18.2 Å². The molecule has 25 heavy (non-hydrogen) atoms. The van der Waals surface area contributed by atoms with Crippen LogP contribution in [0.5, 0.6) is 0 Å². The molecule has 1 atom stereocenters. The Morgan fingerprint density at radius 1 is 1.12 bits per heavy atom. The summed E-state index contributed by atoms with van der Waals surface area (Å²) in [5.41, 5.74) is -1.86. The molecular weight excluding hydrogens is 353 g/mol. The molecule has 0 radical (unpaired) electrons. The average molecular weight is 367 g/mol. The van der Waals surface area contributed by atoms with E-state index in [9.17, 15) is 18.0 Å². The van der Waals surface area contributed by atoms with Crippen LogP contribution in [0.1, 0.15) is 17.5 Å². The number of hydrogen-bond donors (Lipinski definition) is 1. The van der Waals surface area contributed by atoms with E-state index in [1.807, 2.05) is 0 Å². The number of halogens is 4. The van der Waals surface area contributed by atoms with Crippen molar-refractivity contribution in [2.75, 3.05) is 5.32 Å². The largest absolute Gasteiger partial charge is 0.417 e. The summed E-state index contributed by atoms with van der Waals surface area (Å²) in [5.74, 6) is -0.700. The molecule has 0 fully saturated rings. The molecule has 130 valence electrons. The van der Waals surface area contributed by atoms with Crippen LogP contribution in [0.4, 0.5) is 18.9 Å². The van der Waals surface area contributed by atoms with Gasteiger partial charge in [0.05, 0.1) is 6.21 Å². The van der Waals surface area contributed by atoms with E-state index in [-0.39, 0.29) is 29.1 Å². The van der Waals surface area contributed by atoms with Gasteiger partial charge in [-0.15, -0.1) is 0 Å². The zero-order valence-corrected chi connectivity index (χ0v) is 13.7. The van der Waals surface area contributed by atoms with Crippen LogP contribution in [-0.2, 0) is 16.8 Å². The summed E-state index contributed by atoms with van der Waals surface area (Å²) in [7, 11) is 0. The minimum Gasteiger partial charge on any atom is -0.321 e. The standard InChI is InChI=1S/C18H14ClF3N2O/c19-13-6-7-15-14(10-13)17(18(20,21)22,23-11-16(25)24-15)9-8-12-4-2-1-3-5-12/h1-7,10-11H,8-9H2,(H,24,25). The summed E-state index contributed by atoms with van der Waals surface area (Å²) in [6.07, 6.45) is -4.17. The second-order valence-corrected chi connectivity index (χ2v) is 6.22. The Morgan fingerprint density at radius 3 is 2.52 bits per heavy atom. The maximum Gasteiger partial charge on any atom is 0.417 e. The maximum atomic E-state index is 14.1. The molecule has 0 aromatic heterocycles. The number of nitrogens with one attached hydrogen (secondary N) is 1. The lowest BCUT2D eigenvalue weighted by Crippen LogP contribution is -2.41. The monoisotopic (exact) mass is 366 g/mol. The topological polar surface area (TPSA) is 41.5 Å². The van der Waals surface area contributed by atoms with E-state index in [4.69, 9.17) is 11.6 Å². The number of aryl methyl sites for hydroxylation is 1. The van der Waals surface area contributed by atoms with Crippen molar-refractivity contribution in [3.63, 3.8) is 0 Å². The van der Waals surface area contributed by atoms with Crippen LogP contribution >= 0.6 is 11.6 Å². The number of rotatable bonds is 3. The summed E-state index contributed by atoms with van der Waals surface area (Å²) < 4.78 is 42.4. The van der Waals surface area contributed by atoms with Gasteiger partial charge in [0.25, 0.3) is 5.91 Å². The van der Waals surface area contributed by atoms with Gasteiger partial charge in [-0.25, -0.2) is 0 Å². The van der Waals surface area contributed by atoms with Crippen LogP contribution in [-0.4, -0.2) is 18.3 Å². The quantitative estimate of drug-likeness (QED) is 0.836. The smallest absolute Gasteiger partial charge is 0.321 e. The maximum absolute atomic E-state index is 14.1. The number of alkyl halides is 3. The molecule has 1 amide bonds. The highest BCUT2D eigenvalue weighted by atomic mass is 35.5. The van der Waals surface area contributed by atoms with Gasteiger partial charge in [-0.05, 0) is 36.6 Å². The third kappa shape index (κ3) is 3.39. The van der Waals surface area contributed by atoms with Crippen molar-refractivity contribution in [2.45, 2.75) is 24.6 Å². The Bertz CT molecular complexity index is 821. The van der Waals surface area contributed by atoms with Crippen molar-refractivity contribution in [1.29, 1.82) is 0 Å². The number of amides is 1. The second kappa shape index (κ2) is 6.52. The second-order valence-electron chi connectivity index (χ2n) is 5.78. The Labute approximate surface area is 147 Å². The number of aliphatic imine (C=N–C) groups is 1. The third-order valence-corrected chi connectivity index (χ3v) is 4.41. The normalized spacial score (nSPS) is 19.9. The number of hydrogen-bond acceptors (Lipinski definition) is 2. The van der Waals surface area contributed by atoms with E-state index in [0.29, 0.717) is 6.21 Å². The molecule has 0 aliphatic carbocycles. The lowest BCUT2D eigenvalue weighted by atomic mass is 9.83. The number of nitrogens with zero attached hydrogens (tertiary/aromatic N) is 1. The molecule has 2 aromatic rings. The summed E-state index contributed by atoms with van der Waals surface area (Å²) in [5, 5.41) is 2.58. The van der Waals surface area contributed by atoms with E-state index in [2.05, 4.69) is 10.3 Å². The predicted molar refractivity (Wildman–Crippen MR) is 91.1 cm³/mol. The fourth-order valence-electron chi connectivity index (χ4n) is 2.91. The lowest BCUT2D eigenvalue weighted by Gasteiger charge is -2.33. The van der Waals surface area contributed by atoms with E-state index < -0.39 is 17.6 Å². The van der Waals surface area contributed by atoms with Crippen molar-refractivity contribution >= 4 is 29.4 Å². The van der Waals surface area contributed by atoms with Gasteiger partial charge >= 0.3 is 6.18 Å². The molecule has 1 aliphatic heterocycles. The predicted octanol–water partition coefficient (Wildman–Crippen LogP) is 4.75. The Hall–Kier alpha value is -2.34. The molecule has 3 nitrogen and oxygen atoms in total. The van der Waals surface area contributed by atoms with Crippen molar-refractivity contribution in [3.8, 4) is 0 Å². The molecule has 1 heterocycles. The highest BCUT2D eigenvalue weighted by Gasteiger charge is 2.57. The fraction of sp³-hybridized carbons (Fsp3) is 0.222.